The first-order valence-corrected chi connectivity index (χ1v) is 8.69. The van der Waals surface area contributed by atoms with E-state index < -0.39 is 0 Å². The molecule has 2 N–H and O–H groups in total. The molecule has 0 spiro atoms. The average molecular weight is 346 g/mol. The van der Waals surface area contributed by atoms with Crippen molar-refractivity contribution in [2.45, 2.75) is 31.7 Å². The third-order valence-electron chi connectivity index (χ3n) is 4.50. The number of rotatable bonds is 6. The minimum atomic E-state index is 0.196. The Morgan fingerprint density at radius 2 is 2.21 bits per heavy atom. The van der Waals surface area contributed by atoms with Gasteiger partial charge in [0.1, 0.15) is 0 Å². The normalized spacial score (nSPS) is 16.0. The van der Waals surface area contributed by atoms with Gasteiger partial charge >= 0.3 is 0 Å². The highest BCUT2D eigenvalue weighted by atomic mass is 35.5. The lowest BCUT2D eigenvalue weighted by Gasteiger charge is -2.19. The molecule has 1 heterocycles. The number of nitrogens with one attached hydrogen (secondary N) is 2. The largest absolute Gasteiger partial charge is 0.356 e. The second-order valence-electron chi connectivity index (χ2n) is 6.42. The van der Waals surface area contributed by atoms with E-state index in [-0.39, 0.29) is 5.41 Å². The number of benzene rings is 1. The monoisotopic (exact) mass is 345 g/mol. The van der Waals surface area contributed by atoms with Gasteiger partial charge in [0.05, 0.1) is 12.7 Å². The summed E-state index contributed by atoms with van der Waals surface area (Å²) in [6.45, 7) is 4.51. The van der Waals surface area contributed by atoms with Crippen LogP contribution in [0.3, 0.4) is 0 Å². The van der Waals surface area contributed by atoms with Crippen LogP contribution in [0.4, 0.5) is 0 Å². The Kier molecular flexibility index (Phi) is 5.09. The van der Waals surface area contributed by atoms with Crippen molar-refractivity contribution in [2.75, 3.05) is 20.1 Å². The Hall–Kier alpha value is -2.01. The Balaban J connectivity index is 1.49. The maximum atomic E-state index is 6.13. The van der Waals surface area contributed by atoms with Gasteiger partial charge < -0.3 is 10.6 Å². The van der Waals surface area contributed by atoms with Crippen LogP contribution in [0.15, 0.2) is 41.7 Å². The summed E-state index contributed by atoms with van der Waals surface area (Å²) in [6.07, 6.45) is 6.28. The lowest BCUT2D eigenvalue weighted by Crippen LogP contribution is -2.42. The predicted octanol–water partition coefficient (Wildman–Crippen LogP) is 2.74. The van der Waals surface area contributed by atoms with Gasteiger partial charge in [0.15, 0.2) is 5.96 Å². The summed E-state index contributed by atoms with van der Waals surface area (Å²) in [4.78, 5) is 4.31. The van der Waals surface area contributed by atoms with E-state index in [0.29, 0.717) is 0 Å². The molecule has 1 saturated carbocycles. The Morgan fingerprint density at radius 1 is 1.38 bits per heavy atom. The molecule has 2 aromatic rings. The Bertz CT molecular complexity index is 718. The van der Waals surface area contributed by atoms with Gasteiger partial charge in [-0.2, -0.15) is 5.10 Å². The van der Waals surface area contributed by atoms with Crippen molar-refractivity contribution in [3.63, 3.8) is 0 Å². The van der Waals surface area contributed by atoms with Crippen LogP contribution < -0.4 is 10.6 Å². The van der Waals surface area contributed by atoms with Crippen molar-refractivity contribution < 1.29 is 0 Å². The summed E-state index contributed by atoms with van der Waals surface area (Å²) in [5, 5.41) is 11.9. The third kappa shape index (κ3) is 4.09. The van der Waals surface area contributed by atoms with E-state index in [0.717, 1.165) is 30.6 Å². The molecule has 0 unspecified atom stereocenters. The smallest absolute Gasteiger partial charge is 0.191 e. The summed E-state index contributed by atoms with van der Waals surface area (Å²) >= 11 is 6.13. The van der Waals surface area contributed by atoms with Crippen LogP contribution in [0.2, 0.25) is 5.02 Å². The molecular formula is C18H24ClN5. The van der Waals surface area contributed by atoms with Crippen LogP contribution in [0.1, 0.15) is 24.0 Å². The molecule has 1 aliphatic carbocycles. The van der Waals surface area contributed by atoms with Gasteiger partial charge in [-0.25, -0.2) is 0 Å². The number of halogens is 1. The van der Waals surface area contributed by atoms with E-state index in [1.165, 1.54) is 24.0 Å². The first-order chi connectivity index (χ1) is 11.6. The average Bonchev–Trinajstić information content (AvgIpc) is 3.26. The van der Waals surface area contributed by atoms with Crippen molar-refractivity contribution in [3.8, 4) is 0 Å². The zero-order valence-electron chi connectivity index (χ0n) is 14.2. The van der Waals surface area contributed by atoms with Gasteiger partial charge in [-0.1, -0.05) is 23.7 Å². The lowest BCUT2D eigenvalue weighted by atomic mass is 9.96. The number of hydrogen-bond donors (Lipinski definition) is 2. The number of aryl methyl sites for hydroxylation is 1. The first-order valence-electron chi connectivity index (χ1n) is 8.31. The van der Waals surface area contributed by atoms with E-state index in [2.05, 4.69) is 32.9 Å². The van der Waals surface area contributed by atoms with Crippen LogP contribution in [0, 0.1) is 6.92 Å². The maximum Gasteiger partial charge on any atom is 0.191 e. The molecule has 1 aliphatic rings. The van der Waals surface area contributed by atoms with Crippen LogP contribution in [-0.4, -0.2) is 35.9 Å². The Labute approximate surface area is 148 Å². The molecular weight excluding hydrogens is 322 g/mol. The molecule has 128 valence electrons. The van der Waals surface area contributed by atoms with Gasteiger partial charge in [0, 0.05) is 36.8 Å². The second-order valence-corrected chi connectivity index (χ2v) is 6.86. The predicted molar refractivity (Wildman–Crippen MR) is 98.7 cm³/mol. The quantitative estimate of drug-likeness (QED) is 0.625. The molecule has 3 rings (SSSR count). The molecule has 24 heavy (non-hydrogen) atoms. The minimum absolute atomic E-state index is 0.196. The van der Waals surface area contributed by atoms with E-state index in [4.69, 9.17) is 11.6 Å². The number of aromatic nitrogens is 2. The van der Waals surface area contributed by atoms with Crippen LogP contribution in [0.5, 0.6) is 0 Å². The van der Waals surface area contributed by atoms with Crippen molar-refractivity contribution in [1.82, 2.24) is 20.4 Å². The summed E-state index contributed by atoms with van der Waals surface area (Å²) < 4.78 is 1.93. The minimum Gasteiger partial charge on any atom is -0.356 e. The summed E-state index contributed by atoms with van der Waals surface area (Å²) in [7, 11) is 1.80. The first kappa shape index (κ1) is 16.8. The van der Waals surface area contributed by atoms with E-state index in [1.807, 2.05) is 36.1 Å². The van der Waals surface area contributed by atoms with E-state index in [1.54, 1.807) is 7.05 Å². The van der Waals surface area contributed by atoms with Crippen LogP contribution >= 0.6 is 11.6 Å². The molecule has 0 atom stereocenters. The molecule has 0 saturated heterocycles. The molecule has 1 aromatic carbocycles. The highest BCUT2D eigenvalue weighted by Gasteiger charge is 2.44. The maximum absolute atomic E-state index is 6.13. The standard InChI is InChI=1S/C18H24ClN5/c1-14-11-23-24(12-14)9-8-21-17(20-2)22-13-18(6-7-18)15-4-3-5-16(19)10-15/h3-5,10-12H,6-9,13H2,1-2H3,(H2,20,21,22). The molecule has 1 aromatic heterocycles. The van der Waals surface area contributed by atoms with Crippen molar-refractivity contribution >= 4 is 17.6 Å². The zero-order chi connectivity index (χ0) is 17.0. The number of guanidine groups is 1. The molecule has 1 fully saturated rings. The molecule has 0 radical (unpaired) electrons. The fraction of sp³-hybridized carbons (Fsp3) is 0.444. The zero-order valence-corrected chi connectivity index (χ0v) is 15.0. The van der Waals surface area contributed by atoms with Gasteiger partial charge in [-0.05, 0) is 43.0 Å². The highest BCUT2D eigenvalue weighted by molar-refractivity contribution is 6.30. The molecule has 6 heteroatoms. The number of hydrogen-bond acceptors (Lipinski definition) is 2. The molecule has 0 amide bonds. The summed E-state index contributed by atoms with van der Waals surface area (Å²) in [6, 6.07) is 8.19. The van der Waals surface area contributed by atoms with Gasteiger partial charge in [-0.15, -0.1) is 0 Å². The van der Waals surface area contributed by atoms with Crippen LogP contribution in [-0.2, 0) is 12.0 Å². The Morgan fingerprint density at radius 3 is 2.83 bits per heavy atom. The van der Waals surface area contributed by atoms with E-state index >= 15 is 0 Å². The molecule has 0 aliphatic heterocycles. The topological polar surface area (TPSA) is 54.2 Å². The lowest BCUT2D eigenvalue weighted by molar-refractivity contribution is 0.590. The van der Waals surface area contributed by atoms with Gasteiger partial charge in [-0.3, -0.25) is 9.67 Å². The van der Waals surface area contributed by atoms with Gasteiger partial charge in [0.25, 0.3) is 0 Å². The fourth-order valence-electron chi connectivity index (χ4n) is 2.89. The number of nitrogens with zero attached hydrogens (tertiary/aromatic N) is 3. The van der Waals surface area contributed by atoms with Crippen LogP contribution in [0.25, 0.3) is 0 Å². The van der Waals surface area contributed by atoms with Crippen molar-refractivity contribution in [1.29, 1.82) is 0 Å². The van der Waals surface area contributed by atoms with E-state index in [9.17, 15) is 0 Å². The molecule has 0 bridgehead atoms. The molecule has 5 nitrogen and oxygen atoms in total. The SMILES string of the molecule is CN=C(NCCn1cc(C)cn1)NCC1(c2cccc(Cl)c2)CC1. The van der Waals surface area contributed by atoms with Crippen molar-refractivity contribution in [2.24, 2.45) is 4.99 Å². The summed E-state index contributed by atoms with van der Waals surface area (Å²) in [5.41, 5.74) is 2.68. The number of aliphatic imine (C=N–C) groups is 1. The summed E-state index contributed by atoms with van der Waals surface area (Å²) in [5.74, 6) is 0.826. The third-order valence-corrected chi connectivity index (χ3v) is 4.74. The van der Waals surface area contributed by atoms with Crippen molar-refractivity contribution in [3.05, 3.63) is 52.8 Å². The second kappa shape index (κ2) is 7.26. The highest BCUT2D eigenvalue weighted by Crippen LogP contribution is 2.48. The van der Waals surface area contributed by atoms with Gasteiger partial charge in [0.2, 0.25) is 0 Å². The fourth-order valence-corrected chi connectivity index (χ4v) is 3.08.